The minimum atomic E-state index is 0. The normalized spacial score (nSPS) is 10.0. The molecule has 0 amide bonds. The molecule has 0 N–H and O–H groups in total. The maximum absolute atomic E-state index is 4.50. The summed E-state index contributed by atoms with van der Waals surface area (Å²) in [6, 6.07) is 138. The number of aryl methyl sites for hydroxylation is 8. The van der Waals surface area contributed by atoms with Gasteiger partial charge in [0.2, 0.25) is 0 Å². The molecule has 12 aromatic carbocycles. The van der Waals surface area contributed by atoms with Crippen LogP contribution in [0.4, 0.5) is 0 Å². The van der Waals surface area contributed by atoms with Crippen molar-refractivity contribution < 1.29 is 80.4 Å². The van der Waals surface area contributed by atoms with Crippen molar-refractivity contribution in [3.8, 4) is 90.0 Å². The largest absolute Gasteiger partial charge is 0.266 e. The molecule has 628 valence electrons. The summed E-state index contributed by atoms with van der Waals surface area (Å²) in [5.41, 5.74) is 26.0. The smallest absolute Gasteiger partial charge is 0.0600 e. The Bertz CT molecular complexity index is 5960. The molecule has 0 saturated carbocycles. The van der Waals surface area contributed by atoms with Crippen molar-refractivity contribution in [2.24, 2.45) is 0 Å². The van der Waals surface area contributed by atoms with Crippen LogP contribution >= 0.6 is 0 Å². The molecule has 0 atom stereocenters. The van der Waals surface area contributed by atoms with Crippen LogP contribution in [-0.4, -0.2) is 78.2 Å². The van der Waals surface area contributed by atoms with Crippen LogP contribution in [-0.2, 0) is 80.4 Å². The van der Waals surface area contributed by atoms with Crippen LogP contribution in [0.1, 0.15) is 45.6 Å². The third-order valence-corrected chi connectivity index (χ3v) is 18.3. The molecule has 0 aliphatic rings. The molecule has 20 rings (SSSR count). The number of para-hydroxylation sites is 4. The van der Waals surface area contributed by atoms with Gasteiger partial charge in [-0.2, -0.15) is 211 Å². The number of hydrogen-bond donors (Lipinski definition) is 0. The molecule has 0 spiro atoms. The molecule has 0 fully saturated rings. The van der Waals surface area contributed by atoms with Crippen LogP contribution < -0.4 is 0 Å². The van der Waals surface area contributed by atoms with Crippen LogP contribution in [0.2, 0.25) is 0 Å². The van der Waals surface area contributed by atoms with Crippen molar-refractivity contribution in [3.63, 3.8) is 0 Å². The van der Waals surface area contributed by atoms with E-state index in [2.05, 4.69) is 249 Å². The van der Waals surface area contributed by atoms with E-state index in [1.807, 2.05) is 289 Å². The molecule has 20 heteroatoms. The first-order valence-corrected chi connectivity index (χ1v) is 39.1. The van der Waals surface area contributed by atoms with E-state index in [1.165, 1.54) is 44.5 Å². The topological polar surface area (TPSA) is 143 Å². The Morgan fingerprint density at radius 3 is 0.613 bits per heavy atom. The van der Waals surface area contributed by atoms with Gasteiger partial charge in [-0.25, -0.2) is 0 Å². The molecule has 4 radical (unpaired) electrons. The predicted octanol–water partition coefficient (Wildman–Crippen LogP) is 22.5. The van der Waals surface area contributed by atoms with Crippen molar-refractivity contribution in [1.29, 1.82) is 0 Å². The number of aromatic nitrogens is 16. The first kappa shape index (κ1) is 94.8. The van der Waals surface area contributed by atoms with Crippen LogP contribution in [0.15, 0.2) is 389 Å². The van der Waals surface area contributed by atoms with Crippen LogP contribution in [0.5, 0.6) is 0 Å². The minimum Gasteiger partial charge on any atom is -0.266 e. The molecule has 8 heterocycles. The van der Waals surface area contributed by atoms with Gasteiger partial charge < -0.3 is 0 Å². The predicted molar refractivity (Wildman–Crippen MR) is 479 cm³/mol. The Morgan fingerprint density at radius 1 is 0.185 bits per heavy atom. The monoisotopic (exact) mass is 2330 g/mol. The van der Waals surface area contributed by atoms with Crippen molar-refractivity contribution in [1.82, 2.24) is 78.2 Å². The zero-order chi connectivity index (χ0) is 83.0. The van der Waals surface area contributed by atoms with Gasteiger partial charge in [0.05, 0.1) is 22.8 Å². The SMILES string of the molecule is Cc1cc(C)n(-c2[c-]ccc(-c3ccccc3)c2)n1.Cc1cc(C)n(-c2[c-]ccc(-c3ccccc3)c2)n1.Cc1cc(C)n(-c2[c-]cccc2)n1.Cc1cc(C)n(-c2[c-]cccc2)n1.[Ir].[Ir].[Ir].[Ir].[c-]1ccc(-c2ccccc2)cc1-n1cccn1.[c-]1ccc(-c2ccccc2)cc1-n1cccn1.[c-]1ccccc1-n1cccn1.[c-]1ccccc1-n1cccn1. The fraction of sp³-hybridized carbons (Fsp3) is 0.0769. The molecule has 0 unspecified atom stereocenters. The standard InChI is InChI=1S/2C17H15N2.2C15H11N2.2C11H11N2.2C9H7N2.4Ir/c2*1-13-11-14(2)19(18-13)17-10-6-9-16(12-17)15-7-4-3-5-8-15;2*1-2-6-13(7-3-1)14-8-4-9-15(12-14)17-11-5-10-16-17;2*1-9-8-10(2)13(12-9)11-6-4-3-5-7-11;2*1-2-5-9(6-3-1)11-8-4-7-10-11;;;;/h2*3-9,11-12H,1-2H3;2*1-8,10-12H;2*3-6,8H,1-2H3;2*1-5,7-8H;;;;/q8*-1;;;;. The van der Waals surface area contributed by atoms with Gasteiger partial charge in [0.25, 0.3) is 0 Å². The van der Waals surface area contributed by atoms with Crippen LogP contribution in [0.3, 0.4) is 0 Å². The zero-order valence-electron chi connectivity index (χ0n) is 69.4. The third-order valence-electron chi connectivity index (χ3n) is 18.3. The molecule has 16 nitrogen and oxygen atoms in total. The Balaban J connectivity index is 0.000000161. The summed E-state index contributed by atoms with van der Waals surface area (Å²) in [4.78, 5) is 0. The van der Waals surface area contributed by atoms with Crippen LogP contribution in [0.25, 0.3) is 90.0 Å². The van der Waals surface area contributed by atoms with E-state index in [4.69, 9.17) is 0 Å². The van der Waals surface area contributed by atoms with E-state index in [0.29, 0.717) is 0 Å². The summed E-state index contributed by atoms with van der Waals surface area (Å²) >= 11 is 0. The molecule has 124 heavy (non-hydrogen) atoms. The second-order valence-corrected chi connectivity index (χ2v) is 27.5. The first-order chi connectivity index (χ1) is 58.8. The van der Waals surface area contributed by atoms with Gasteiger partial charge in [0, 0.05) is 153 Å². The Labute approximate surface area is 780 Å². The molecule has 20 aromatic rings. The van der Waals surface area contributed by atoms with Gasteiger partial charge in [-0.05, 0) is 172 Å². The minimum absolute atomic E-state index is 0. The van der Waals surface area contributed by atoms with Crippen molar-refractivity contribution in [2.75, 3.05) is 0 Å². The second-order valence-electron chi connectivity index (χ2n) is 27.5. The maximum atomic E-state index is 4.50. The molecule has 8 aromatic heterocycles. The van der Waals surface area contributed by atoms with Gasteiger partial charge in [-0.15, -0.1) is 70.8 Å². The van der Waals surface area contributed by atoms with Gasteiger partial charge in [0.15, 0.2) is 0 Å². The average Bonchev–Trinajstić information content (AvgIpc) is 1.38. The number of benzene rings is 12. The second kappa shape index (κ2) is 49.1. The fourth-order valence-corrected chi connectivity index (χ4v) is 12.8. The zero-order valence-corrected chi connectivity index (χ0v) is 79.0. The van der Waals surface area contributed by atoms with Crippen molar-refractivity contribution in [3.05, 3.63) is 483 Å². The first-order valence-electron chi connectivity index (χ1n) is 39.1. The van der Waals surface area contributed by atoms with Crippen LogP contribution in [0, 0.1) is 104 Å². The maximum Gasteiger partial charge on any atom is 0.0600 e. The fourth-order valence-electron chi connectivity index (χ4n) is 12.8. The summed E-state index contributed by atoms with van der Waals surface area (Å²) in [5, 5.41) is 34.3. The molecule has 0 saturated heterocycles. The number of nitrogens with zero attached hydrogens (tertiary/aromatic N) is 16. The van der Waals surface area contributed by atoms with Crippen molar-refractivity contribution in [2.45, 2.75) is 55.4 Å². The molecular weight excluding hydrogens is 2240 g/mol. The van der Waals surface area contributed by atoms with E-state index in [9.17, 15) is 0 Å². The van der Waals surface area contributed by atoms with Gasteiger partial charge in [-0.1, -0.05) is 121 Å². The van der Waals surface area contributed by atoms with E-state index in [1.54, 1.807) is 34.2 Å². The molecular formula is C104H88Ir4N16-8. The third kappa shape index (κ3) is 27.5. The van der Waals surface area contributed by atoms with Gasteiger partial charge in [0.1, 0.15) is 0 Å². The quantitative estimate of drug-likeness (QED) is 0.110. The van der Waals surface area contributed by atoms with E-state index < -0.39 is 0 Å². The molecule has 0 aliphatic carbocycles. The Kier molecular flexibility index (Phi) is 37.5. The van der Waals surface area contributed by atoms with Crippen molar-refractivity contribution >= 4 is 0 Å². The summed E-state index contributed by atoms with van der Waals surface area (Å²) in [6.07, 6.45) is 14.7. The summed E-state index contributed by atoms with van der Waals surface area (Å²) in [6.45, 7) is 16.2. The summed E-state index contributed by atoms with van der Waals surface area (Å²) in [7, 11) is 0. The van der Waals surface area contributed by atoms with Gasteiger partial charge in [-0.3, -0.25) is 37.5 Å². The number of rotatable bonds is 12. The summed E-state index contributed by atoms with van der Waals surface area (Å²) < 4.78 is 14.8. The average molecular weight is 2330 g/mol. The van der Waals surface area contributed by atoms with Gasteiger partial charge >= 0.3 is 0 Å². The summed E-state index contributed by atoms with van der Waals surface area (Å²) in [5.74, 6) is 0. The molecule has 0 aliphatic heterocycles. The molecule has 0 bridgehead atoms. The Morgan fingerprint density at radius 2 is 0.395 bits per heavy atom. The number of hydrogen-bond acceptors (Lipinski definition) is 8. The van der Waals surface area contributed by atoms with E-state index >= 15 is 0 Å². The van der Waals surface area contributed by atoms with E-state index in [-0.39, 0.29) is 80.4 Å². The van der Waals surface area contributed by atoms with E-state index in [0.717, 1.165) is 91.1 Å². The Hall–Kier alpha value is -13.1.